The SMILES string of the molecule is O=C(/C=C/c1cccs1)Nc1c(Cl)cc(Cl)cc1C(=O)O. The third-order valence-electron chi connectivity index (χ3n) is 2.48. The first kappa shape index (κ1) is 15.6. The molecule has 1 amide bonds. The van der Waals surface area contributed by atoms with E-state index in [0.717, 1.165) is 4.88 Å². The number of thiophene rings is 1. The van der Waals surface area contributed by atoms with Gasteiger partial charge in [0.25, 0.3) is 0 Å². The van der Waals surface area contributed by atoms with Crippen LogP contribution in [0, 0.1) is 0 Å². The Morgan fingerprint density at radius 3 is 2.67 bits per heavy atom. The fourth-order valence-electron chi connectivity index (χ4n) is 1.58. The van der Waals surface area contributed by atoms with E-state index in [0.29, 0.717) is 0 Å². The molecule has 4 nitrogen and oxygen atoms in total. The molecule has 0 spiro atoms. The van der Waals surface area contributed by atoms with Crippen molar-refractivity contribution in [3.8, 4) is 0 Å². The normalized spacial score (nSPS) is 10.8. The second kappa shape index (κ2) is 6.76. The first-order chi connectivity index (χ1) is 9.97. The fourth-order valence-corrected chi connectivity index (χ4v) is 2.74. The Balaban J connectivity index is 2.23. The summed E-state index contributed by atoms with van der Waals surface area (Å²) in [6.45, 7) is 0. The van der Waals surface area contributed by atoms with E-state index in [1.165, 1.54) is 29.5 Å². The lowest BCUT2D eigenvalue weighted by atomic mass is 10.1. The van der Waals surface area contributed by atoms with Crippen LogP contribution in [-0.2, 0) is 4.79 Å². The number of rotatable bonds is 4. The highest BCUT2D eigenvalue weighted by molar-refractivity contribution is 7.10. The molecule has 1 heterocycles. The molecule has 7 heteroatoms. The number of aromatic carboxylic acids is 1. The Hall–Kier alpha value is -1.82. The van der Waals surface area contributed by atoms with Crippen molar-refractivity contribution < 1.29 is 14.7 Å². The molecular formula is C14H9Cl2NO3S. The van der Waals surface area contributed by atoms with Crippen LogP contribution in [0.2, 0.25) is 10.0 Å². The van der Waals surface area contributed by atoms with Gasteiger partial charge in [-0.2, -0.15) is 0 Å². The molecule has 21 heavy (non-hydrogen) atoms. The van der Waals surface area contributed by atoms with Crippen molar-refractivity contribution in [2.24, 2.45) is 0 Å². The Morgan fingerprint density at radius 2 is 2.05 bits per heavy atom. The quantitative estimate of drug-likeness (QED) is 0.809. The van der Waals surface area contributed by atoms with Gasteiger partial charge in [-0.25, -0.2) is 4.79 Å². The minimum absolute atomic E-state index is 0.0226. The summed E-state index contributed by atoms with van der Waals surface area (Å²) in [6, 6.07) is 6.32. The summed E-state index contributed by atoms with van der Waals surface area (Å²) in [5.74, 6) is -1.70. The van der Waals surface area contributed by atoms with Crippen molar-refractivity contribution in [3.63, 3.8) is 0 Å². The standard InChI is InChI=1S/C14H9Cl2NO3S/c15-8-6-10(14(19)20)13(11(16)7-8)17-12(18)4-3-9-2-1-5-21-9/h1-7H,(H,17,18)(H,19,20)/b4-3+. The molecular weight excluding hydrogens is 333 g/mol. The van der Waals surface area contributed by atoms with E-state index in [1.54, 1.807) is 6.08 Å². The van der Waals surface area contributed by atoms with E-state index in [4.69, 9.17) is 28.3 Å². The number of anilines is 1. The topological polar surface area (TPSA) is 66.4 Å². The van der Waals surface area contributed by atoms with Gasteiger partial charge < -0.3 is 10.4 Å². The van der Waals surface area contributed by atoms with Crippen LogP contribution in [0.5, 0.6) is 0 Å². The lowest BCUT2D eigenvalue weighted by molar-refractivity contribution is -0.111. The number of carbonyl (C=O) groups is 2. The third-order valence-corrected chi connectivity index (χ3v) is 3.83. The molecule has 0 aliphatic rings. The summed E-state index contributed by atoms with van der Waals surface area (Å²) in [5, 5.41) is 13.7. The predicted octanol–water partition coefficient (Wildman–Crippen LogP) is 4.41. The number of benzene rings is 1. The Bertz CT molecular complexity index is 711. The highest BCUT2D eigenvalue weighted by Gasteiger charge is 2.16. The number of carbonyl (C=O) groups excluding carboxylic acids is 1. The van der Waals surface area contributed by atoms with E-state index >= 15 is 0 Å². The number of nitrogens with one attached hydrogen (secondary N) is 1. The van der Waals surface area contributed by atoms with E-state index in [2.05, 4.69) is 5.32 Å². The maximum atomic E-state index is 11.8. The number of hydrogen-bond acceptors (Lipinski definition) is 3. The van der Waals surface area contributed by atoms with E-state index in [1.807, 2.05) is 17.5 Å². The highest BCUT2D eigenvalue weighted by Crippen LogP contribution is 2.30. The van der Waals surface area contributed by atoms with Crippen LogP contribution in [0.15, 0.2) is 35.7 Å². The summed E-state index contributed by atoms with van der Waals surface area (Å²) in [5.41, 5.74) is -0.139. The van der Waals surface area contributed by atoms with Gasteiger partial charge in [0, 0.05) is 16.0 Å². The van der Waals surface area contributed by atoms with Crippen LogP contribution in [0.4, 0.5) is 5.69 Å². The van der Waals surface area contributed by atoms with Crippen molar-refractivity contribution in [2.75, 3.05) is 5.32 Å². The van der Waals surface area contributed by atoms with Crippen molar-refractivity contribution in [3.05, 3.63) is 56.2 Å². The molecule has 0 atom stereocenters. The van der Waals surface area contributed by atoms with Gasteiger partial charge in [-0.3, -0.25) is 4.79 Å². The summed E-state index contributed by atoms with van der Waals surface area (Å²) >= 11 is 13.2. The molecule has 2 rings (SSSR count). The second-order valence-corrected chi connectivity index (χ2v) is 5.78. The molecule has 0 saturated heterocycles. The minimum atomic E-state index is -1.23. The monoisotopic (exact) mass is 341 g/mol. The molecule has 0 aliphatic heterocycles. The Morgan fingerprint density at radius 1 is 1.29 bits per heavy atom. The van der Waals surface area contributed by atoms with Crippen LogP contribution in [-0.4, -0.2) is 17.0 Å². The van der Waals surface area contributed by atoms with E-state index in [9.17, 15) is 9.59 Å². The summed E-state index contributed by atoms with van der Waals surface area (Å²) < 4.78 is 0. The van der Waals surface area contributed by atoms with Gasteiger partial charge in [0.2, 0.25) is 5.91 Å². The zero-order valence-corrected chi connectivity index (χ0v) is 12.8. The second-order valence-electron chi connectivity index (χ2n) is 3.95. The van der Waals surface area contributed by atoms with Crippen LogP contribution in [0.3, 0.4) is 0 Å². The first-order valence-electron chi connectivity index (χ1n) is 5.72. The summed E-state index contributed by atoms with van der Waals surface area (Å²) in [4.78, 5) is 23.9. The highest BCUT2D eigenvalue weighted by atomic mass is 35.5. The maximum absolute atomic E-state index is 11.8. The molecule has 1 aromatic heterocycles. The first-order valence-corrected chi connectivity index (χ1v) is 7.36. The van der Waals surface area contributed by atoms with Gasteiger partial charge >= 0.3 is 5.97 Å². The fraction of sp³-hybridized carbons (Fsp3) is 0. The van der Waals surface area contributed by atoms with Gasteiger partial charge in [-0.1, -0.05) is 29.3 Å². The van der Waals surface area contributed by atoms with Gasteiger partial charge in [-0.05, 0) is 29.7 Å². The zero-order chi connectivity index (χ0) is 15.4. The van der Waals surface area contributed by atoms with Crippen LogP contribution in [0.25, 0.3) is 6.08 Å². The molecule has 0 unspecified atom stereocenters. The molecule has 2 aromatic rings. The minimum Gasteiger partial charge on any atom is -0.478 e. The molecule has 0 bridgehead atoms. The zero-order valence-electron chi connectivity index (χ0n) is 10.5. The number of carboxylic acid groups (broad SMARTS) is 1. The van der Waals surface area contributed by atoms with Crippen molar-refractivity contribution in [1.29, 1.82) is 0 Å². The Kier molecular flexibility index (Phi) is 5.01. The van der Waals surface area contributed by atoms with Crippen LogP contribution < -0.4 is 5.32 Å². The summed E-state index contributed by atoms with van der Waals surface area (Å²) in [7, 11) is 0. The van der Waals surface area contributed by atoms with Gasteiger partial charge in [0.05, 0.1) is 16.3 Å². The average Bonchev–Trinajstić information content (AvgIpc) is 2.92. The summed E-state index contributed by atoms with van der Waals surface area (Å²) in [6.07, 6.45) is 2.94. The number of halogens is 2. The van der Waals surface area contributed by atoms with E-state index < -0.39 is 11.9 Å². The van der Waals surface area contributed by atoms with Crippen molar-refractivity contribution in [1.82, 2.24) is 0 Å². The molecule has 2 N–H and O–H groups in total. The largest absolute Gasteiger partial charge is 0.478 e. The third kappa shape index (κ3) is 4.07. The molecule has 0 fully saturated rings. The number of hydrogen-bond donors (Lipinski definition) is 2. The molecule has 0 saturated carbocycles. The maximum Gasteiger partial charge on any atom is 0.337 e. The molecule has 0 aliphatic carbocycles. The van der Waals surface area contributed by atoms with Gasteiger partial charge in [0.1, 0.15) is 0 Å². The molecule has 108 valence electrons. The predicted molar refractivity (Wildman–Crippen MR) is 85.4 cm³/mol. The molecule has 0 radical (unpaired) electrons. The van der Waals surface area contributed by atoms with Gasteiger partial charge in [0.15, 0.2) is 0 Å². The molecule has 1 aromatic carbocycles. The van der Waals surface area contributed by atoms with Crippen molar-refractivity contribution in [2.45, 2.75) is 0 Å². The Labute approximate surface area is 134 Å². The lowest BCUT2D eigenvalue weighted by Gasteiger charge is -2.09. The van der Waals surface area contributed by atoms with Crippen molar-refractivity contribution >= 4 is 58.2 Å². The van der Waals surface area contributed by atoms with E-state index in [-0.39, 0.29) is 21.3 Å². The van der Waals surface area contributed by atoms with Gasteiger partial charge in [-0.15, -0.1) is 11.3 Å². The lowest BCUT2D eigenvalue weighted by Crippen LogP contribution is -2.12. The number of amides is 1. The van der Waals surface area contributed by atoms with Crippen LogP contribution >= 0.6 is 34.5 Å². The average molecular weight is 342 g/mol. The smallest absolute Gasteiger partial charge is 0.337 e. The van der Waals surface area contributed by atoms with Crippen LogP contribution in [0.1, 0.15) is 15.2 Å². The number of carboxylic acids is 1.